The Labute approximate surface area is 131 Å². The summed E-state index contributed by atoms with van der Waals surface area (Å²) in [4.78, 5) is 13.8. The summed E-state index contributed by atoms with van der Waals surface area (Å²) >= 11 is 0. The fraction of sp³-hybridized carbons (Fsp3) is 0.941. The summed E-state index contributed by atoms with van der Waals surface area (Å²) in [6, 6.07) is 0.101. The number of ether oxygens (including phenoxy) is 1. The lowest BCUT2D eigenvalue weighted by Gasteiger charge is -2.15. The zero-order chi connectivity index (χ0) is 15.9. The lowest BCUT2D eigenvalue weighted by atomic mass is 10.1. The van der Waals surface area contributed by atoms with Gasteiger partial charge in [-0.1, -0.05) is 45.4 Å². The van der Waals surface area contributed by atoms with Gasteiger partial charge in [-0.3, -0.25) is 4.79 Å². The van der Waals surface area contributed by atoms with Crippen LogP contribution in [0.1, 0.15) is 65.2 Å². The van der Waals surface area contributed by atoms with E-state index in [1.807, 2.05) is 21.0 Å². The molecule has 0 heterocycles. The number of likely N-dealkylation sites (N-methyl/N-ethyl adjacent to an activating group) is 1. The molecule has 1 amide bonds. The van der Waals surface area contributed by atoms with Crippen molar-refractivity contribution >= 4 is 5.91 Å². The molecule has 1 unspecified atom stereocenters. The number of amides is 1. The van der Waals surface area contributed by atoms with Crippen LogP contribution in [0.15, 0.2) is 0 Å². The minimum atomic E-state index is 0.101. The topological polar surface area (TPSA) is 41.6 Å². The van der Waals surface area contributed by atoms with Gasteiger partial charge in [-0.2, -0.15) is 0 Å². The van der Waals surface area contributed by atoms with E-state index in [1.54, 1.807) is 0 Å². The van der Waals surface area contributed by atoms with Crippen LogP contribution >= 0.6 is 0 Å². The molecule has 0 spiro atoms. The van der Waals surface area contributed by atoms with Gasteiger partial charge in [-0.25, -0.2) is 0 Å². The molecule has 0 aromatic carbocycles. The van der Waals surface area contributed by atoms with Gasteiger partial charge in [0.25, 0.3) is 0 Å². The average molecular weight is 300 g/mol. The first kappa shape index (κ1) is 20.4. The Kier molecular flexibility index (Phi) is 13.9. The predicted octanol–water partition coefficient (Wildman–Crippen LogP) is 3.21. The smallest absolute Gasteiger partial charge is 0.220 e. The molecule has 0 aliphatic carbocycles. The summed E-state index contributed by atoms with van der Waals surface area (Å²) in [6.07, 6.45) is 9.36. The lowest BCUT2D eigenvalue weighted by molar-refractivity contribution is -0.122. The molecular formula is C17H36N2O2. The molecule has 0 aliphatic rings. The summed E-state index contributed by atoms with van der Waals surface area (Å²) in [5.41, 5.74) is 0. The van der Waals surface area contributed by atoms with Gasteiger partial charge in [0.05, 0.1) is 13.2 Å². The molecule has 126 valence electrons. The van der Waals surface area contributed by atoms with Crippen molar-refractivity contribution in [3.63, 3.8) is 0 Å². The molecule has 0 aliphatic heterocycles. The van der Waals surface area contributed by atoms with E-state index >= 15 is 0 Å². The highest BCUT2D eigenvalue weighted by Crippen LogP contribution is 2.08. The van der Waals surface area contributed by atoms with Gasteiger partial charge in [-0.15, -0.1) is 0 Å². The first-order chi connectivity index (χ1) is 10.1. The highest BCUT2D eigenvalue weighted by Gasteiger charge is 2.07. The van der Waals surface area contributed by atoms with E-state index in [0.29, 0.717) is 19.6 Å². The number of nitrogens with one attached hydrogen (secondary N) is 1. The maximum absolute atomic E-state index is 11.8. The summed E-state index contributed by atoms with van der Waals surface area (Å²) in [5, 5.41) is 3.00. The Bertz CT molecular complexity index is 245. The Morgan fingerprint density at radius 1 is 1.10 bits per heavy atom. The number of nitrogens with zero attached hydrogens (tertiary/aromatic N) is 1. The summed E-state index contributed by atoms with van der Waals surface area (Å²) in [7, 11) is 4.05. The van der Waals surface area contributed by atoms with E-state index < -0.39 is 0 Å². The highest BCUT2D eigenvalue weighted by atomic mass is 16.5. The van der Waals surface area contributed by atoms with Crippen LogP contribution in [0.2, 0.25) is 0 Å². The van der Waals surface area contributed by atoms with Gasteiger partial charge >= 0.3 is 0 Å². The van der Waals surface area contributed by atoms with E-state index in [9.17, 15) is 4.79 Å². The molecular weight excluding hydrogens is 264 g/mol. The van der Waals surface area contributed by atoms with Crippen LogP contribution in [0.3, 0.4) is 0 Å². The van der Waals surface area contributed by atoms with Gasteiger partial charge in [0.1, 0.15) is 0 Å². The van der Waals surface area contributed by atoms with E-state index in [-0.39, 0.29) is 11.9 Å². The average Bonchev–Trinajstić information content (AvgIpc) is 2.42. The molecule has 1 N–H and O–H groups in total. The monoisotopic (exact) mass is 300 g/mol. The summed E-state index contributed by atoms with van der Waals surface area (Å²) in [5.74, 6) is 0.160. The first-order valence-corrected chi connectivity index (χ1v) is 8.58. The van der Waals surface area contributed by atoms with Gasteiger partial charge in [-0.05, 0) is 27.4 Å². The fourth-order valence-electron chi connectivity index (χ4n) is 2.14. The Hall–Kier alpha value is -0.610. The van der Waals surface area contributed by atoms with E-state index in [2.05, 4.69) is 17.1 Å². The van der Waals surface area contributed by atoms with Gasteiger partial charge in [0, 0.05) is 19.0 Å². The van der Waals surface area contributed by atoms with Crippen molar-refractivity contribution in [2.45, 2.75) is 71.3 Å². The van der Waals surface area contributed by atoms with E-state index in [1.165, 1.54) is 38.5 Å². The zero-order valence-corrected chi connectivity index (χ0v) is 14.6. The highest BCUT2D eigenvalue weighted by molar-refractivity contribution is 5.76. The van der Waals surface area contributed by atoms with Crippen molar-refractivity contribution in [1.82, 2.24) is 10.2 Å². The quantitative estimate of drug-likeness (QED) is 0.501. The molecule has 0 saturated carbocycles. The second kappa shape index (κ2) is 14.3. The van der Waals surface area contributed by atoms with Crippen LogP contribution in [-0.4, -0.2) is 50.7 Å². The molecule has 4 heteroatoms. The summed E-state index contributed by atoms with van der Waals surface area (Å²) in [6.45, 7) is 6.45. The van der Waals surface area contributed by atoms with Crippen molar-refractivity contribution in [2.24, 2.45) is 0 Å². The standard InChI is InChI=1S/C17H36N2O2/c1-5-6-7-8-9-10-11-12-17(20)18-16(2)15-21-14-13-19(3)4/h16H,5-15H2,1-4H3,(H,18,20). The van der Waals surface area contributed by atoms with Crippen molar-refractivity contribution in [3.8, 4) is 0 Å². The van der Waals surface area contributed by atoms with Crippen LogP contribution in [0.4, 0.5) is 0 Å². The van der Waals surface area contributed by atoms with Gasteiger partial charge in [0.15, 0.2) is 0 Å². The molecule has 4 nitrogen and oxygen atoms in total. The van der Waals surface area contributed by atoms with E-state index in [0.717, 1.165) is 13.0 Å². The molecule has 0 rings (SSSR count). The second-order valence-corrected chi connectivity index (χ2v) is 6.22. The minimum Gasteiger partial charge on any atom is -0.378 e. The van der Waals surface area contributed by atoms with Crippen LogP contribution in [0.25, 0.3) is 0 Å². The van der Waals surface area contributed by atoms with Crippen molar-refractivity contribution < 1.29 is 9.53 Å². The van der Waals surface area contributed by atoms with Crippen LogP contribution < -0.4 is 5.32 Å². The van der Waals surface area contributed by atoms with Crippen molar-refractivity contribution in [3.05, 3.63) is 0 Å². The fourth-order valence-corrected chi connectivity index (χ4v) is 2.14. The molecule has 0 saturated heterocycles. The first-order valence-electron chi connectivity index (χ1n) is 8.58. The normalized spacial score (nSPS) is 12.6. The number of carbonyl (C=O) groups is 1. The van der Waals surface area contributed by atoms with E-state index in [4.69, 9.17) is 4.74 Å². The molecule has 1 atom stereocenters. The van der Waals surface area contributed by atoms with Crippen molar-refractivity contribution in [1.29, 1.82) is 0 Å². The molecule has 0 bridgehead atoms. The molecule has 0 aromatic rings. The van der Waals surface area contributed by atoms with Crippen LogP contribution in [0.5, 0.6) is 0 Å². The molecule has 0 radical (unpaired) electrons. The largest absolute Gasteiger partial charge is 0.378 e. The molecule has 0 fully saturated rings. The SMILES string of the molecule is CCCCCCCCCC(=O)NC(C)COCCN(C)C. The molecule has 21 heavy (non-hydrogen) atoms. The van der Waals surface area contributed by atoms with Gasteiger partial charge < -0.3 is 15.0 Å². The number of unbranched alkanes of at least 4 members (excludes halogenated alkanes) is 6. The number of hydrogen-bond acceptors (Lipinski definition) is 3. The minimum absolute atomic E-state index is 0.101. The third-order valence-corrected chi connectivity index (χ3v) is 3.47. The van der Waals surface area contributed by atoms with Gasteiger partial charge in [0.2, 0.25) is 5.91 Å². The molecule has 0 aromatic heterocycles. The van der Waals surface area contributed by atoms with Crippen molar-refractivity contribution in [2.75, 3.05) is 33.9 Å². The van der Waals surface area contributed by atoms with Crippen LogP contribution in [-0.2, 0) is 9.53 Å². The number of hydrogen-bond donors (Lipinski definition) is 1. The summed E-state index contributed by atoms with van der Waals surface area (Å²) < 4.78 is 5.53. The maximum Gasteiger partial charge on any atom is 0.220 e. The second-order valence-electron chi connectivity index (χ2n) is 6.22. The Morgan fingerprint density at radius 3 is 2.33 bits per heavy atom. The maximum atomic E-state index is 11.8. The number of carbonyl (C=O) groups excluding carboxylic acids is 1. The predicted molar refractivity (Wildman–Crippen MR) is 89.6 cm³/mol. The Morgan fingerprint density at radius 2 is 1.71 bits per heavy atom. The third-order valence-electron chi connectivity index (χ3n) is 3.47. The Balaban J connectivity index is 3.39. The zero-order valence-electron chi connectivity index (χ0n) is 14.6. The number of rotatable bonds is 14. The third kappa shape index (κ3) is 15.6. The van der Waals surface area contributed by atoms with Crippen LogP contribution in [0, 0.1) is 0 Å². The lowest BCUT2D eigenvalue weighted by Crippen LogP contribution is -2.36.